The second kappa shape index (κ2) is 7.44. The van der Waals surface area contributed by atoms with Crippen LogP contribution in [0.15, 0.2) is 42.5 Å². The number of carbonyl (C=O) groups excluding carboxylic acids is 1. The van der Waals surface area contributed by atoms with Crippen molar-refractivity contribution in [3.63, 3.8) is 0 Å². The summed E-state index contributed by atoms with van der Waals surface area (Å²) < 4.78 is 43.1. The Morgan fingerprint density at radius 3 is 2.62 bits per heavy atom. The van der Waals surface area contributed by atoms with Gasteiger partial charge in [0.1, 0.15) is 5.75 Å². The van der Waals surface area contributed by atoms with E-state index in [0.29, 0.717) is 11.4 Å². The van der Waals surface area contributed by atoms with Gasteiger partial charge >= 0.3 is 6.18 Å². The maximum absolute atomic E-state index is 12.7. The number of alkyl halides is 3. The van der Waals surface area contributed by atoms with Gasteiger partial charge in [0, 0.05) is 11.8 Å². The van der Waals surface area contributed by atoms with Gasteiger partial charge in [0.05, 0.1) is 29.9 Å². The average Bonchev–Trinajstić information content (AvgIpc) is 2.54. The van der Waals surface area contributed by atoms with Crippen LogP contribution in [0.25, 0.3) is 0 Å². The van der Waals surface area contributed by atoms with Crippen LogP contribution in [0, 0.1) is 0 Å². The van der Waals surface area contributed by atoms with Gasteiger partial charge in [0.2, 0.25) is 5.91 Å². The highest BCUT2D eigenvalue weighted by Gasteiger charge is 2.31. The molecule has 0 aromatic heterocycles. The van der Waals surface area contributed by atoms with Gasteiger partial charge < -0.3 is 15.4 Å². The summed E-state index contributed by atoms with van der Waals surface area (Å²) >= 11 is 5.83. The van der Waals surface area contributed by atoms with Crippen molar-refractivity contribution in [2.24, 2.45) is 0 Å². The molecule has 0 atom stereocenters. The highest BCUT2D eigenvalue weighted by atomic mass is 35.5. The van der Waals surface area contributed by atoms with Gasteiger partial charge in [-0.15, -0.1) is 0 Å². The number of nitrogens with one attached hydrogen (secondary N) is 2. The van der Waals surface area contributed by atoms with E-state index in [-0.39, 0.29) is 17.3 Å². The lowest BCUT2D eigenvalue weighted by atomic mass is 10.2. The smallest absolute Gasteiger partial charge is 0.416 e. The van der Waals surface area contributed by atoms with Crippen molar-refractivity contribution in [3.05, 3.63) is 53.1 Å². The van der Waals surface area contributed by atoms with Crippen molar-refractivity contribution in [2.75, 3.05) is 24.3 Å². The van der Waals surface area contributed by atoms with Gasteiger partial charge in [-0.2, -0.15) is 13.2 Å². The molecular weight excluding hydrogens is 345 g/mol. The molecule has 2 aromatic carbocycles. The van der Waals surface area contributed by atoms with E-state index in [1.807, 2.05) is 0 Å². The largest absolute Gasteiger partial charge is 0.497 e. The average molecular weight is 359 g/mol. The normalized spacial score (nSPS) is 11.0. The number of rotatable bonds is 5. The molecule has 0 aliphatic heterocycles. The fourth-order valence-electron chi connectivity index (χ4n) is 1.91. The Bertz CT molecular complexity index is 736. The lowest BCUT2D eigenvalue weighted by Gasteiger charge is -2.12. The Kier molecular flexibility index (Phi) is 5.56. The third kappa shape index (κ3) is 4.79. The molecule has 24 heavy (non-hydrogen) atoms. The summed E-state index contributed by atoms with van der Waals surface area (Å²) in [4.78, 5) is 11.9. The zero-order valence-corrected chi connectivity index (χ0v) is 13.3. The zero-order chi connectivity index (χ0) is 17.7. The molecule has 2 rings (SSSR count). The molecule has 0 unspecified atom stereocenters. The van der Waals surface area contributed by atoms with Crippen LogP contribution < -0.4 is 15.4 Å². The summed E-state index contributed by atoms with van der Waals surface area (Å²) in [6.45, 7) is -0.139. The van der Waals surface area contributed by atoms with Gasteiger partial charge in [0.15, 0.2) is 0 Å². The quantitative estimate of drug-likeness (QED) is 0.832. The molecule has 8 heteroatoms. The highest BCUT2D eigenvalue weighted by molar-refractivity contribution is 6.33. The fraction of sp³-hybridized carbons (Fsp3) is 0.188. The molecule has 4 nitrogen and oxygen atoms in total. The van der Waals surface area contributed by atoms with Crippen LogP contribution in [0.3, 0.4) is 0 Å². The first kappa shape index (κ1) is 17.9. The SMILES string of the molecule is COc1cccc(NCC(=O)Nc2cc(C(F)(F)F)ccc2Cl)c1. The fourth-order valence-corrected chi connectivity index (χ4v) is 2.07. The Labute approximate surface area is 141 Å². The molecule has 1 amide bonds. The van der Waals surface area contributed by atoms with Gasteiger partial charge in [-0.3, -0.25) is 4.79 Å². The summed E-state index contributed by atoms with van der Waals surface area (Å²) in [7, 11) is 1.52. The number of anilines is 2. The molecule has 128 valence electrons. The van der Waals surface area contributed by atoms with Crippen LogP contribution in [0.4, 0.5) is 24.5 Å². The Morgan fingerprint density at radius 2 is 1.96 bits per heavy atom. The van der Waals surface area contributed by atoms with E-state index in [2.05, 4.69) is 10.6 Å². The number of ether oxygens (including phenoxy) is 1. The molecule has 0 bridgehead atoms. The third-order valence-corrected chi connectivity index (χ3v) is 3.42. The number of hydrogen-bond acceptors (Lipinski definition) is 3. The van der Waals surface area contributed by atoms with Crippen LogP contribution in [0.2, 0.25) is 5.02 Å². The third-order valence-electron chi connectivity index (χ3n) is 3.09. The molecule has 2 aromatic rings. The van der Waals surface area contributed by atoms with E-state index >= 15 is 0 Å². The molecule has 0 saturated carbocycles. The first-order valence-electron chi connectivity index (χ1n) is 6.84. The summed E-state index contributed by atoms with van der Waals surface area (Å²) in [5.41, 5.74) is -0.341. The maximum Gasteiger partial charge on any atom is 0.416 e. The van der Waals surface area contributed by atoms with Crippen molar-refractivity contribution in [2.45, 2.75) is 6.18 Å². The van der Waals surface area contributed by atoms with Crippen LogP contribution in [-0.2, 0) is 11.0 Å². The molecule has 0 aliphatic rings. The molecule has 0 heterocycles. The monoisotopic (exact) mass is 358 g/mol. The molecular formula is C16H14ClF3N2O2. The molecule has 0 aliphatic carbocycles. The lowest BCUT2D eigenvalue weighted by Crippen LogP contribution is -2.22. The Balaban J connectivity index is 2.02. The van der Waals surface area contributed by atoms with E-state index in [1.54, 1.807) is 24.3 Å². The summed E-state index contributed by atoms with van der Waals surface area (Å²) in [6, 6.07) is 9.64. The predicted octanol–water partition coefficient (Wildman–Crippen LogP) is 4.42. The summed E-state index contributed by atoms with van der Waals surface area (Å²) in [5, 5.41) is 5.23. The number of amides is 1. The predicted molar refractivity (Wildman–Crippen MR) is 86.6 cm³/mol. The van der Waals surface area contributed by atoms with Crippen molar-refractivity contribution < 1.29 is 22.7 Å². The van der Waals surface area contributed by atoms with E-state index in [4.69, 9.17) is 16.3 Å². The number of hydrogen-bond donors (Lipinski definition) is 2. The van der Waals surface area contributed by atoms with Crippen molar-refractivity contribution in [1.82, 2.24) is 0 Å². The van der Waals surface area contributed by atoms with Crippen LogP contribution >= 0.6 is 11.6 Å². The minimum atomic E-state index is -4.51. The summed E-state index contributed by atoms with van der Waals surface area (Å²) in [6.07, 6.45) is -4.51. The summed E-state index contributed by atoms with van der Waals surface area (Å²) in [5.74, 6) is 0.0837. The second-order valence-electron chi connectivity index (χ2n) is 4.83. The topological polar surface area (TPSA) is 50.4 Å². The minimum Gasteiger partial charge on any atom is -0.497 e. The molecule has 0 saturated heterocycles. The van der Waals surface area contributed by atoms with Crippen molar-refractivity contribution >= 4 is 28.9 Å². The number of halogens is 4. The highest BCUT2D eigenvalue weighted by Crippen LogP contribution is 2.33. The van der Waals surface area contributed by atoms with Crippen LogP contribution in [0.5, 0.6) is 5.75 Å². The molecule has 0 fully saturated rings. The number of carbonyl (C=O) groups is 1. The van der Waals surface area contributed by atoms with E-state index < -0.39 is 17.6 Å². The van der Waals surface area contributed by atoms with Crippen molar-refractivity contribution in [3.8, 4) is 5.75 Å². The first-order valence-corrected chi connectivity index (χ1v) is 7.22. The zero-order valence-electron chi connectivity index (χ0n) is 12.6. The van der Waals surface area contributed by atoms with E-state index in [9.17, 15) is 18.0 Å². The minimum absolute atomic E-state index is 0.0257. The number of methoxy groups -OCH3 is 1. The molecule has 0 spiro atoms. The van der Waals surface area contributed by atoms with E-state index in [0.717, 1.165) is 18.2 Å². The standard InChI is InChI=1S/C16H14ClF3N2O2/c1-24-12-4-2-3-11(8-12)21-9-15(23)22-14-7-10(16(18,19)20)5-6-13(14)17/h2-8,21H,9H2,1H3,(H,22,23). The van der Waals surface area contributed by atoms with E-state index in [1.165, 1.54) is 7.11 Å². The van der Waals surface area contributed by atoms with Gasteiger partial charge in [-0.1, -0.05) is 17.7 Å². The second-order valence-corrected chi connectivity index (χ2v) is 5.23. The molecule has 0 radical (unpaired) electrons. The maximum atomic E-state index is 12.7. The van der Waals surface area contributed by atoms with Gasteiger partial charge in [-0.25, -0.2) is 0 Å². The Morgan fingerprint density at radius 1 is 1.21 bits per heavy atom. The lowest BCUT2D eigenvalue weighted by molar-refractivity contribution is -0.137. The van der Waals surface area contributed by atoms with Gasteiger partial charge in [-0.05, 0) is 30.3 Å². The molecule has 2 N–H and O–H groups in total. The van der Waals surface area contributed by atoms with Crippen LogP contribution in [0.1, 0.15) is 5.56 Å². The number of benzene rings is 2. The first-order chi connectivity index (χ1) is 11.3. The van der Waals surface area contributed by atoms with Crippen molar-refractivity contribution in [1.29, 1.82) is 0 Å². The Hall–Kier alpha value is -2.41. The van der Waals surface area contributed by atoms with Crippen LogP contribution in [-0.4, -0.2) is 19.6 Å². The van der Waals surface area contributed by atoms with Gasteiger partial charge in [0.25, 0.3) is 0 Å².